The molecule has 0 spiro atoms. The molecule has 0 bridgehead atoms. The standard InChI is InChI=1S/C34H68O2/c1-5-8-11-13-15-16-17-18-19-20-21-23-25-27-30-34(4,33(35)36)31-32(28-10-7-3)29-26-24-22-14-12-9-6-2/h32H,5-31H2,1-4H3,(H,35,36). The van der Waals surface area contributed by atoms with Crippen LogP contribution in [0.3, 0.4) is 0 Å². The Hall–Kier alpha value is -0.530. The lowest BCUT2D eigenvalue weighted by atomic mass is 9.74. The van der Waals surface area contributed by atoms with E-state index in [9.17, 15) is 9.90 Å². The molecule has 0 amide bonds. The maximum atomic E-state index is 12.3. The predicted molar refractivity (Wildman–Crippen MR) is 161 cm³/mol. The van der Waals surface area contributed by atoms with Crippen molar-refractivity contribution in [1.29, 1.82) is 0 Å². The van der Waals surface area contributed by atoms with Gasteiger partial charge in [-0.1, -0.05) is 181 Å². The summed E-state index contributed by atoms with van der Waals surface area (Å²) < 4.78 is 0. The van der Waals surface area contributed by atoms with E-state index in [1.807, 2.05) is 6.92 Å². The van der Waals surface area contributed by atoms with Gasteiger partial charge >= 0.3 is 5.97 Å². The zero-order valence-corrected chi connectivity index (χ0v) is 25.5. The summed E-state index contributed by atoms with van der Waals surface area (Å²) >= 11 is 0. The molecule has 0 saturated heterocycles. The SMILES string of the molecule is CCCCCCCCCCCCCCCCC(C)(CC(CCCC)CCCCCCCCC)C(=O)O. The third-order valence-corrected chi connectivity index (χ3v) is 8.52. The van der Waals surface area contributed by atoms with Gasteiger partial charge in [0.15, 0.2) is 0 Å². The number of aliphatic carboxylic acids is 1. The molecule has 0 aromatic rings. The van der Waals surface area contributed by atoms with E-state index in [1.54, 1.807) is 0 Å². The van der Waals surface area contributed by atoms with Gasteiger partial charge in [-0.05, 0) is 25.7 Å². The quantitative estimate of drug-likeness (QED) is 0.102. The molecular weight excluding hydrogens is 440 g/mol. The van der Waals surface area contributed by atoms with Crippen LogP contribution in [0.4, 0.5) is 0 Å². The Morgan fingerprint density at radius 2 is 0.861 bits per heavy atom. The van der Waals surface area contributed by atoms with Crippen LogP contribution in [0, 0.1) is 11.3 Å². The minimum Gasteiger partial charge on any atom is -0.481 e. The van der Waals surface area contributed by atoms with E-state index in [2.05, 4.69) is 20.8 Å². The lowest BCUT2D eigenvalue weighted by molar-refractivity contribution is -0.149. The monoisotopic (exact) mass is 509 g/mol. The van der Waals surface area contributed by atoms with Gasteiger partial charge in [0.05, 0.1) is 5.41 Å². The Morgan fingerprint density at radius 3 is 1.25 bits per heavy atom. The van der Waals surface area contributed by atoms with Gasteiger partial charge in [-0.25, -0.2) is 0 Å². The summed E-state index contributed by atoms with van der Waals surface area (Å²) in [6.07, 6.45) is 35.0. The van der Waals surface area contributed by atoms with Crippen molar-refractivity contribution in [3.63, 3.8) is 0 Å². The smallest absolute Gasteiger partial charge is 0.309 e. The van der Waals surface area contributed by atoms with Crippen molar-refractivity contribution in [2.24, 2.45) is 11.3 Å². The van der Waals surface area contributed by atoms with Crippen LogP contribution in [0.15, 0.2) is 0 Å². The Morgan fingerprint density at radius 1 is 0.528 bits per heavy atom. The molecule has 216 valence electrons. The number of hydrogen-bond acceptors (Lipinski definition) is 1. The second-order valence-corrected chi connectivity index (χ2v) is 12.3. The average Bonchev–Trinajstić information content (AvgIpc) is 2.86. The van der Waals surface area contributed by atoms with Gasteiger partial charge in [-0.15, -0.1) is 0 Å². The number of carboxylic acids is 1. The van der Waals surface area contributed by atoms with Crippen molar-refractivity contribution >= 4 is 5.97 Å². The maximum absolute atomic E-state index is 12.3. The molecule has 2 nitrogen and oxygen atoms in total. The lowest BCUT2D eigenvalue weighted by Crippen LogP contribution is -2.30. The molecule has 36 heavy (non-hydrogen) atoms. The van der Waals surface area contributed by atoms with Gasteiger partial charge in [0, 0.05) is 0 Å². The Labute approximate surface area is 228 Å². The number of carbonyl (C=O) groups is 1. The Kier molecular flexibility index (Phi) is 25.7. The molecule has 0 aromatic carbocycles. The zero-order chi connectivity index (χ0) is 26.7. The average molecular weight is 509 g/mol. The van der Waals surface area contributed by atoms with Crippen LogP contribution in [0.25, 0.3) is 0 Å². The maximum Gasteiger partial charge on any atom is 0.309 e. The summed E-state index contributed by atoms with van der Waals surface area (Å²) in [6.45, 7) is 8.86. The van der Waals surface area contributed by atoms with Crippen LogP contribution in [-0.2, 0) is 4.79 Å². The minimum absolute atomic E-state index is 0.531. The molecular formula is C34H68O2. The molecule has 0 saturated carbocycles. The van der Waals surface area contributed by atoms with Crippen LogP contribution >= 0.6 is 0 Å². The van der Waals surface area contributed by atoms with Crippen LogP contribution < -0.4 is 0 Å². The second-order valence-electron chi connectivity index (χ2n) is 12.3. The zero-order valence-electron chi connectivity index (χ0n) is 25.5. The molecule has 0 heterocycles. The number of hydrogen-bond donors (Lipinski definition) is 1. The molecule has 0 aromatic heterocycles. The van der Waals surface area contributed by atoms with Crippen molar-refractivity contribution in [2.45, 2.75) is 201 Å². The van der Waals surface area contributed by atoms with Crippen LogP contribution in [0.1, 0.15) is 201 Å². The molecule has 0 aliphatic carbocycles. The third-order valence-electron chi connectivity index (χ3n) is 8.52. The van der Waals surface area contributed by atoms with Crippen molar-refractivity contribution in [2.75, 3.05) is 0 Å². The highest BCUT2D eigenvalue weighted by Crippen LogP contribution is 2.36. The van der Waals surface area contributed by atoms with E-state index in [-0.39, 0.29) is 0 Å². The number of rotatable bonds is 29. The Bertz CT molecular complexity index is 460. The fourth-order valence-electron chi connectivity index (χ4n) is 5.87. The first kappa shape index (κ1) is 35.5. The van der Waals surface area contributed by atoms with Gasteiger partial charge in [0.1, 0.15) is 0 Å². The summed E-state index contributed by atoms with van der Waals surface area (Å²) in [7, 11) is 0. The van der Waals surface area contributed by atoms with E-state index in [0.717, 1.165) is 19.3 Å². The molecule has 2 heteroatoms. The van der Waals surface area contributed by atoms with E-state index < -0.39 is 11.4 Å². The summed E-state index contributed by atoms with van der Waals surface area (Å²) in [5.41, 5.74) is -0.531. The largest absolute Gasteiger partial charge is 0.481 e. The van der Waals surface area contributed by atoms with E-state index >= 15 is 0 Å². The van der Waals surface area contributed by atoms with E-state index in [0.29, 0.717) is 5.92 Å². The van der Waals surface area contributed by atoms with E-state index in [1.165, 1.54) is 154 Å². The topological polar surface area (TPSA) is 37.3 Å². The molecule has 1 N–H and O–H groups in total. The van der Waals surface area contributed by atoms with Gasteiger partial charge in [0.25, 0.3) is 0 Å². The van der Waals surface area contributed by atoms with Gasteiger partial charge in [-0.2, -0.15) is 0 Å². The second kappa shape index (κ2) is 26.1. The van der Waals surface area contributed by atoms with Crippen LogP contribution in [0.5, 0.6) is 0 Å². The summed E-state index contributed by atoms with van der Waals surface area (Å²) in [6, 6.07) is 0. The first-order valence-electron chi connectivity index (χ1n) is 16.7. The van der Waals surface area contributed by atoms with E-state index in [4.69, 9.17) is 0 Å². The molecule has 0 aliphatic heterocycles. The molecule has 2 atom stereocenters. The summed E-state index contributed by atoms with van der Waals surface area (Å²) in [5.74, 6) is 0.0339. The highest BCUT2D eigenvalue weighted by molar-refractivity contribution is 5.74. The predicted octanol–water partition coefficient (Wildman–Crippen LogP) is 12.3. The van der Waals surface area contributed by atoms with Gasteiger partial charge in [-0.3, -0.25) is 4.79 Å². The summed E-state index contributed by atoms with van der Waals surface area (Å²) in [4.78, 5) is 12.3. The molecule has 0 radical (unpaired) electrons. The fourth-order valence-corrected chi connectivity index (χ4v) is 5.87. The van der Waals surface area contributed by atoms with Crippen molar-refractivity contribution in [3.8, 4) is 0 Å². The summed E-state index contributed by atoms with van der Waals surface area (Å²) in [5, 5.41) is 10.1. The highest BCUT2D eigenvalue weighted by Gasteiger charge is 2.34. The van der Waals surface area contributed by atoms with Crippen molar-refractivity contribution in [1.82, 2.24) is 0 Å². The first-order valence-corrected chi connectivity index (χ1v) is 16.7. The highest BCUT2D eigenvalue weighted by atomic mass is 16.4. The van der Waals surface area contributed by atoms with Crippen molar-refractivity contribution in [3.05, 3.63) is 0 Å². The van der Waals surface area contributed by atoms with Gasteiger partial charge in [0.2, 0.25) is 0 Å². The normalized spacial score (nSPS) is 14.1. The van der Waals surface area contributed by atoms with Gasteiger partial charge < -0.3 is 5.11 Å². The third kappa shape index (κ3) is 21.5. The molecule has 0 fully saturated rings. The Balaban J connectivity index is 4.07. The van der Waals surface area contributed by atoms with Crippen molar-refractivity contribution < 1.29 is 9.90 Å². The lowest BCUT2D eigenvalue weighted by Gasteiger charge is -2.30. The fraction of sp³-hybridized carbons (Fsp3) is 0.971. The number of unbranched alkanes of at least 4 members (excludes halogenated alkanes) is 20. The molecule has 2 unspecified atom stereocenters. The first-order chi connectivity index (χ1) is 17.5. The minimum atomic E-state index is -0.557. The molecule has 0 rings (SSSR count). The van der Waals surface area contributed by atoms with Crippen LogP contribution in [0.2, 0.25) is 0 Å². The number of carboxylic acid groups (broad SMARTS) is 1. The molecule has 0 aliphatic rings. The van der Waals surface area contributed by atoms with Crippen LogP contribution in [-0.4, -0.2) is 11.1 Å².